The Labute approximate surface area is 350 Å². The van der Waals surface area contributed by atoms with E-state index in [-0.39, 0.29) is 5.84 Å². The maximum absolute atomic E-state index is 9.36. The predicted octanol–water partition coefficient (Wildman–Crippen LogP) is 14.6. The molecule has 0 saturated carbocycles. The second-order valence-corrected chi connectivity index (χ2v) is 15.0. The highest BCUT2D eigenvalue weighted by molar-refractivity contribution is 6.20. The fourth-order valence-electron chi connectivity index (χ4n) is 8.10. The quantitative estimate of drug-likeness (QED) is 0.0935. The number of hydrogen-bond donors (Lipinski definition) is 1. The van der Waals surface area contributed by atoms with Crippen LogP contribution in [-0.4, -0.2) is 16.5 Å². The molecular weight excluding hydrogens is 727 g/mol. The molecule has 3 nitrogen and oxygen atoms in total. The van der Waals surface area contributed by atoms with Crippen LogP contribution in [0.25, 0.3) is 77.4 Å². The van der Waals surface area contributed by atoms with Crippen LogP contribution in [0.4, 0.5) is 0 Å². The molecule has 10 aromatic rings. The van der Waals surface area contributed by atoms with Gasteiger partial charge in [0.1, 0.15) is 0 Å². The third-order valence-corrected chi connectivity index (χ3v) is 11.1. The highest BCUT2D eigenvalue weighted by Crippen LogP contribution is 2.38. The molecule has 9 aromatic carbocycles. The first-order chi connectivity index (χ1) is 29.6. The number of benzene rings is 9. The van der Waals surface area contributed by atoms with Crippen LogP contribution in [-0.2, 0) is 0 Å². The Morgan fingerprint density at radius 3 is 1.50 bits per heavy atom. The van der Waals surface area contributed by atoms with E-state index in [1.807, 2.05) is 30.3 Å². The van der Waals surface area contributed by atoms with Gasteiger partial charge in [0.2, 0.25) is 0 Å². The van der Waals surface area contributed by atoms with E-state index in [1.54, 1.807) is 0 Å². The van der Waals surface area contributed by atoms with Crippen LogP contribution in [0.15, 0.2) is 236 Å². The molecule has 0 amide bonds. The van der Waals surface area contributed by atoms with Crippen molar-refractivity contribution >= 4 is 33.2 Å². The first-order valence-electron chi connectivity index (χ1n) is 20.2. The van der Waals surface area contributed by atoms with Gasteiger partial charge < -0.3 is 0 Å². The summed E-state index contributed by atoms with van der Waals surface area (Å²) in [6.07, 6.45) is 0. The normalized spacial score (nSPS) is 11.1. The summed E-state index contributed by atoms with van der Waals surface area (Å²) < 4.78 is 0. The summed E-state index contributed by atoms with van der Waals surface area (Å²) in [6.45, 7) is 0. The summed E-state index contributed by atoms with van der Waals surface area (Å²) in [7, 11) is 0. The molecule has 282 valence electrons. The second kappa shape index (κ2) is 16.1. The Kier molecular flexibility index (Phi) is 9.75. The zero-order chi connectivity index (χ0) is 40.3. The van der Waals surface area contributed by atoms with Gasteiger partial charge >= 0.3 is 0 Å². The minimum Gasteiger partial charge on any atom is -0.282 e. The largest absolute Gasteiger partial charge is 0.282 e. The number of aromatic nitrogens is 1. The number of fused-ring (bicyclic) bond motifs is 3. The van der Waals surface area contributed by atoms with Crippen molar-refractivity contribution in [2.24, 2.45) is 4.99 Å². The molecule has 0 aliphatic heterocycles. The maximum atomic E-state index is 9.36. The van der Waals surface area contributed by atoms with Gasteiger partial charge in [0, 0.05) is 27.6 Å². The van der Waals surface area contributed by atoms with Crippen molar-refractivity contribution in [2.45, 2.75) is 0 Å². The van der Waals surface area contributed by atoms with E-state index in [0.29, 0.717) is 0 Å². The Hall–Kier alpha value is -8.01. The van der Waals surface area contributed by atoms with Crippen LogP contribution < -0.4 is 0 Å². The van der Waals surface area contributed by atoms with Gasteiger partial charge in [-0.3, -0.25) is 5.41 Å². The highest BCUT2D eigenvalue weighted by atomic mass is 14.8. The molecule has 60 heavy (non-hydrogen) atoms. The predicted molar refractivity (Wildman–Crippen MR) is 252 cm³/mol. The zero-order valence-electron chi connectivity index (χ0n) is 32.8. The van der Waals surface area contributed by atoms with Crippen molar-refractivity contribution in [2.75, 3.05) is 0 Å². The zero-order valence-corrected chi connectivity index (χ0v) is 32.8. The van der Waals surface area contributed by atoms with Gasteiger partial charge in [-0.1, -0.05) is 200 Å². The SMILES string of the molecule is N=C(N=C(c1cccc(-c2ccccc2)c1)c1cccc(-c2ccccc2)c1)c1ccc(-c2cccc(-c3cc(-c4ccccc4)nc4ccc5ccccc5c34)c2)cc1. The number of aliphatic imine (C=N–C) groups is 1. The average Bonchev–Trinajstić information content (AvgIpc) is 3.33. The molecule has 0 aliphatic carbocycles. The van der Waals surface area contributed by atoms with Crippen molar-refractivity contribution in [3.63, 3.8) is 0 Å². The monoisotopic (exact) mass is 765 g/mol. The van der Waals surface area contributed by atoms with E-state index < -0.39 is 0 Å². The van der Waals surface area contributed by atoms with Crippen LogP contribution in [0.3, 0.4) is 0 Å². The minimum absolute atomic E-state index is 0.198. The van der Waals surface area contributed by atoms with E-state index in [2.05, 4.69) is 200 Å². The molecule has 1 N–H and O–H groups in total. The molecule has 3 heteroatoms. The third kappa shape index (κ3) is 7.32. The molecule has 0 spiro atoms. The lowest BCUT2D eigenvalue weighted by atomic mass is 9.92. The summed E-state index contributed by atoms with van der Waals surface area (Å²) in [6, 6.07) is 80.1. The molecule has 1 aromatic heterocycles. The van der Waals surface area contributed by atoms with Crippen molar-refractivity contribution in [3.05, 3.63) is 247 Å². The smallest absolute Gasteiger partial charge is 0.152 e. The van der Waals surface area contributed by atoms with Gasteiger partial charge in [-0.25, -0.2) is 9.98 Å². The van der Waals surface area contributed by atoms with Crippen molar-refractivity contribution in [1.29, 1.82) is 5.41 Å². The molecule has 0 unspecified atom stereocenters. The number of nitrogens with zero attached hydrogens (tertiary/aromatic N) is 2. The molecule has 0 saturated heterocycles. The maximum Gasteiger partial charge on any atom is 0.152 e. The second-order valence-electron chi connectivity index (χ2n) is 15.0. The van der Waals surface area contributed by atoms with Gasteiger partial charge in [0.05, 0.1) is 16.9 Å². The lowest BCUT2D eigenvalue weighted by Crippen LogP contribution is -2.08. The molecule has 0 bridgehead atoms. The van der Waals surface area contributed by atoms with Gasteiger partial charge in [0.15, 0.2) is 5.84 Å². The van der Waals surface area contributed by atoms with Crippen molar-refractivity contribution in [3.8, 4) is 55.8 Å². The van der Waals surface area contributed by atoms with Crippen LogP contribution in [0, 0.1) is 5.41 Å². The van der Waals surface area contributed by atoms with Crippen LogP contribution in [0.1, 0.15) is 16.7 Å². The minimum atomic E-state index is 0.198. The van der Waals surface area contributed by atoms with Crippen molar-refractivity contribution in [1.82, 2.24) is 4.98 Å². The van der Waals surface area contributed by atoms with E-state index in [4.69, 9.17) is 9.98 Å². The molecule has 0 atom stereocenters. The molecule has 1 heterocycles. The van der Waals surface area contributed by atoms with Gasteiger partial charge in [0.25, 0.3) is 0 Å². The van der Waals surface area contributed by atoms with E-state index in [1.165, 1.54) is 10.8 Å². The number of hydrogen-bond acceptors (Lipinski definition) is 2. The Bertz CT molecular complexity index is 3100. The van der Waals surface area contributed by atoms with Gasteiger partial charge in [-0.05, 0) is 85.6 Å². The summed E-state index contributed by atoms with van der Waals surface area (Å²) in [5.41, 5.74) is 15.3. The van der Waals surface area contributed by atoms with Crippen LogP contribution in [0.5, 0.6) is 0 Å². The Morgan fingerprint density at radius 1 is 0.367 bits per heavy atom. The van der Waals surface area contributed by atoms with E-state index >= 15 is 0 Å². The summed E-state index contributed by atoms with van der Waals surface area (Å²) >= 11 is 0. The molecule has 0 radical (unpaired) electrons. The summed E-state index contributed by atoms with van der Waals surface area (Å²) in [4.78, 5) is 10.2. The molecule has 0 aliphatic rings. The fraction of sp³-hybridized carbons (Fsp3) is 0. The number of pyridine rings is 1. The Morgan fingerprint density at radius 2 is 0.867 bits per heavy atom. The molecular formula is C57H39N3. The third-order valence-electron chi connectivity index (χ3n) is 11.1. The first kappa shape index (κ1) is 36.3. The highest BCUT2D eigenvalue weighted by Gasteiger charge is 2.15. The number of amidine groups is 1. The number of rotatable bonds is 8. The van der Waals surface area contributed by atoms with Crippen LogP contribution in [0.2, 0.25) is 0 Å². The van der Waals surface area contributed by atoms with Crippen LogP contribution >= 0.6 is 0 Å². The topological polar surface area (TPSA) is 49.1 Å². The van der Waals surface area contributed by atoms with Gasteiger partial charge in [-0.2, -0.15) is 0 Å². The Balaban J connectivity index is 1.02. The van der Waals surface area contributed by atoms with Crippen molar-refractivity contribution < 1.29 is 0 Å². The summed E-state index contributed by atoms with van der Waals surface area (Å²) in [5.74, 6) is 0.198. The van der Waals surface area contributed by atoms with Gasteiger partial charge in [-0.15, -0.1) is 0 Å². The lowest BCUT2D eigenvalue weighted by Gasteiger charge is -2.14. The standard InChI is InChI=1S/C57H39N3/c58-57(60-56(49-26-13-23-46(36-49)39-15-4-1-5-16-39)50-27-14-24-47(37-50)40-17-6-2-7-18-40)44-31-29-41(30-32-44)45-22-12-25-48(35-45)52-38-54(43-20-8-3-9-21-43)59-53-34-33-42-19-10-11-28-51(42)55(52)53/h1-38,58H. The lowest BCUT2D eigenvalue weighted by molar-refractivity contribution is 1.40. The summed E-state index contributed by atoms with van der Waals surface area (Å²) in [5, 5.41) is 12.9. The van der Waals surface area contributed by atoms with E-state index in [0.717, 1.165) is 89.1 Å². The number of nitrogens with one attached hydrogen (secondary N) is 1. The average molecular weight is 766 g/mol. The van der Waals surface area contributed by atoms with E-state index in [9.17, 15) is 5.41 Å². The fourth-order valence-corrected chi connectivity index (χ4v) is 8.10. The molecule has 0 fully saturated rings. The molecule has 10 rings (SSSR count). The first-order valence-corrected chi connectivity index (χ1v) is 20.2.